The molecule has 1 aromatic heterocycles. The Bertz CT molecular complexity index is 1030. The molecular formula is C26H39N2O7P. The van der Waals surface area contributed by atoms with E-state index in [-0.39, 0.29) is 30.9 Å². The number of aromatic nitrogens is 2. The van der Waals surface area contributed by atoms with Crippen LogP contribution in [0, 0.1) is 0 Å². The highest BCUT2D eigenvalue weighted by molar-refractivity contribution is 7.55. The molecule has 0 aliphatic heterocycles. The lowest BCUT2D eigenvalue weighted by atomic mass is 9.95. The second kappa shape index (κ2) is 11.9. The minimum absolute atomic E-state index is 0.112. The largest absolute Gasteiger partial charge is 0.494 e. The lowest BCUT2D eigenvalue weighted by molar-refractivity contribution is -0.154. The second-order valence-electron chi connectivity index (χ2n) is 9.95. The first-order valence-electron chi connectivity index (χ1n) is 12.7. The quantitative estimate of drug-likeness (QED) is 0.171. The van der Waals surface area contributed by atoms with Gasteiger partial charge in [-0.1, -0.05) is 30.6 Å². The molecule has 2 aromatic rings. The molecule has 0 amide bonds. The third-order valence-electron chi connectivity index (χ3n) is 5.87. The van der Waals surface area contributed by atoms with Crippen LogP contribution < -0.4 is 4.74 Å². The molecule has 200 valence electrons. The van der Waals surface area contributed by atoms with Gasteiger partial charge in [0.15, 0.2) is 11.5 Å². The van der Waals surface area contributed by atoms with Crippen molar-refractivity contribution in [3.63, 3.8) is 0 Å². The van der Waals surface area contributed by atoms with E-state index >= 15 is 0 Å². The topological polar surface area (TPSA) is 110 Å². The van der Waals surface area contributed by atoms with Crippen molar-refractivity contribution in [2.24, 2.45) is 0 Å². The highest BCUT2D eigenvalue weighted by Crippen LogP contribution is 2.55. The Morgan fingerprint density at radius 2 is 1.75 bits per heavy atom. The van der Waals surface area contributed by atoms with Crippen LogP contribution in [0.1, 0.15) is 84.5 Å². The van der Waals surface area contributed by atoms with Gasteiger partial charge < -0.3 is 23.0 Å². The van der Waals surface area contributed by atoms with Gasteiger partial charge in [0.1, 0.15) is 11.4 Å². The molecule has 1 unspecified atom stereocenters. The van der Waals surface area contributed by atoms with E-state index in [1.165, 1.54) is 0 Å². The van der Waals surface area contributed by atoms with Crippen LogP contribution in [0.25, 0.3) is 0 Å². The Balaban J connectivity index is 1.81. The van der Waals surface area contributed by atoms with Crippen LogP contribution >= 0.6 is 7.60 Å². The van der Waals surface area contributed by atoms with Gasteiger partial charge in [-0.2, -0.15) is 4.98 Å². The summed E-state index contributed by atoms with van der Waals surface area (Å²) in [6.07, 6.45) is 3.75. The third-order valence-corrected chi connectivity index (χ3v) is 8.26. The smallest absolute Gasteiger partial charge is 0.345 e. The van der Waals surface area contributed by atoms with Crippen LogP contribution in [0.5, 0.6) is 5.75 Å². The summed E-state index contributed by atoms with van der Waals surface area (Å²) in [5.41, 5.74) is -1.26. The number of carbonyl (C=O) groups is 1. The van der Waals surface area contributed by atoms with Crippen molar-refractivity contribution < 1.29 is 32.4 Å². The molecule has 1 aliphatic rings. The summed E-state index contributed by atoms with van der Waals surface area (Å²) in [4.78, 5) is 17.7. The van der Waals surface area contributed by atoms with Gasteiger partial charge in [0.05, 0.1) is 31.7 Å². The van der Waals surface area contributed by atoms with Crippen molar-refractivity contribution >= 4 is 13.6 Å². The average Bonchev–Trinajstić information content (AvgIpc) is 3.48. The standard InChI is InChI=1S/C26H39N2O7P/c1-7-10-17-31-20-13-11-19(12-14-20)26(15-16-26)24-27-22(35-28-24)18-21(23(29)34-25(4,5)6)36(30,32-8-2)33-9-3/h11-14,21H,7-10,15-18H2,1-6H3. The molecule has 1 heterocycles. The fraction of sp³-hybridized carbons (Fsp3) is 0.654. The van der Waals surface area contributed by atoms with Gasteiger partial charge in [-0.15, -0.1) is 0 Å². The van der Waals surface area contributed by atoms with Gasteiger partial charge in [-0.25, -0.2) is 0 Å². The molecule has 0 saturated heterocycles. The molecule has 0 radical (unpaired) electrons. The lowest BCUT2D eigenvalue weighted by Crippen LogP contribution is -2.34. The molecule has 1 aromatic carbocycles. The molecule has 9 nitrogen and oxygen atoms in total. The predicted octanol–water partition coefficient (Wildman–Crippen LogP) is 5.85. The predicted molar refractivity (Wildman–Crippen MR) is 135 cm³/mol. The minimum atomic E-state index is -3.84. The molecule has 1 saturated carbocycles. The van der Waals surface area contributed by atoms with Crippen LogP contribution in [0.3, 0.4) is 0 Å². The number of nitrogens with zero attached hydrogens (tertiary/aromatic N) is 2. The zero-order valence-corrected chi connectivity index (χ0v) is 23.1. The van der Waals surface area contributed by atoms with Crippen LogP contribution in [0.4, 0.5) is 0 Å². The molecule has 36 heavy (non-hydrogen) atoms. The van der Waals surface area contributed by atoms with E-state index in [2.05, 4.69) is 17.1 Å². The number of ether oxygens (including phenoxy) is 2. The molecule has 3 rings (SSSR count). The summed E-state index contributed by atoms with van der Waals surface area (Å²) in [5.74, 6) is 0.876. The highest BCUT2D eigenvalue weighted by atomic mass is 31.2. The first-order valence-corrected chi connectivity index (χ1v) is 14.4. The summed E-state index contributed by atoms with van der Waals surface area (Å²) in [5, 5.41) is 4.23. The monoisotopic (exact) mass is 522 g/mol. The molecule has 0 spiro atoms. The van der Waals surface area contributed by atoms with Gasteiger partial charge in [0.2, 0.25) is 5.89 Å². The SMILES string of the molecule is CCCCOc1ccc(C2(c3noc(CC(C(=O)OC(C)(C)C)P(=O)(OCC)OCC)n3)CC2)cc1. The Hall–Kier alpha value is -2.22. The van der Waals surface area contributed by atoms with Crippen molar-refractivity contribution in [2.45, 2.75) is 90.3 Å². The maximum absolute atomic E-state index is 13.6. The van der Waals surface area contributed by atoms with Gasteiger partial charge in [-0.05, 0) is 71.6 Å². The van der Waals surface area contributed by atoms with E-state index < -0.39 is 24.8 Å². The zero-order valence-electron chi connectivity index (χ0n) is 22.2. The van der Waals surface area contributed by atoms with Gasteiger partial charge in [-0.3, -0.25) is 9.36 Å². The van der Waals surface area contributed by atoms with Crippen molar-refractivity contribution in [3.8, 4) is 5.75 Å². The Morgan fingerprint density at radius 1 is 1.11 bits per heavy atom. The van der Waals surface area contributed by atoms with E-state index in [4.69, 9.17) is 23.0 Å². The van der Waals surface area contributed by atoms with E-state index in [9.17, 15) is 9.36 Å². The number of unbranched alkanes of at least 4 members (excludes halogenated alkanes) is 1. The first-order chi connectivity index (χ1) is 17.1. The summed E-state index contributed by atoms with van der Waals surface area (Å²) in [6, 6.07) is 7.99. The van der Waals surface area contributed by atoms with Crippen molar-refractivity contribution in [2.75, 3.05) is 19.8 Å². The molecule has 0 bridgehead atoms. The molecule has 1 aliphatic carbocycles. The minimum Gasteiger partial charge on any atom is -0.494 e. The van der Waals surface area contributed by atoms with Crippen LogP contribution in [-0.4, -0.2) is 47.2 Å². The van der Waals surface area contributed by atoms with E-state index in [1.54, 1.807) is 34.6 Å². The van der Waals surface area contributed by atoms with Crippen molar-refractivity contribution in [1.82, 2.24) is 10.1 Å². The van der Waals surface area contributed by atoms with Crippen LogP contribution in [0.2, 0.25) is 0 Å². The normalized spacial score (nSPS) is 15.9. The number of esters is 1. The number of benzene rings is 1. The van der Waals surface area contributed by atoms with E-state index in [0.717, 1.165) is 37.0 Å². The van der Waals surface area contributed by atoms with E-state index in [1.807, 2.05) is 24.3 Å². The Kier molecular flexibility index (Phi) is 9.36. The molecule has 1 fully saturated rings. The number of hydrogen-bond donors (Lipinski definition) is 0. The lowest BCUT2D eigenvalue weighted by Gasteiger charge is -2.27. The Labute approximate surface area is 213 Å². The first kappa shape index (κ1) is 28.4. The van der Waals surface area contributed by atoms with Crippen molar-refractivity contribution in [1.29, 1.82) is 0 Å². The summed E-state index contributed by atoms with van der Waals surface area (Å²) >= 11 is 0. The zero-order chi connectivity index (χ0) is 26.4. The van der Waals surface area contributed by atoms with E-state index in [0.29, 0.717) is 12.4 Å². The van der Waals surface area contributed by atoms with Crippen molar-refractivity contribution in [3.05, 3.63) is 41.5 Å². The fourth-order valence-corrected chi connectivity index (χ4v) is 5.78. The molecule has 1 atom stereocenters. The Morgan fingerprint density at radius 3 is 2.28 bits per heavy atom. The summed E-state index contributed by atoms with van der Waals surface area (Å²) in [7, 11) is -3.84. The third kappa shape index (κ3) is 6.96. The molecule has 0 N–H and O–H groups in total. The fourth-order valence-electron chi connectivity index (χ4n) is 3.94. The molecular weight excluding hydrogens is 483 g/mol. The second-order valence-corrected chi connectivity index (χ2v) is 12.2. The summed E-state index contributed by atoms with van der Waals surface area (Å²) < 4.78 is 41.4. The molecule has 10 heteroatoms. The van der Waals surface area contributed by atoms with Crippen LogP contribution in [-0.2, 0) is 35.0 Å². The number of hydrogen-bond acceptors (Lipinski definition) is 9. The van der Waals surface area contributed by atoms with Gasteiger partial charge >= 0.3 is 13.6 Å². The van der Waals surface area contributed by atoms with Crippen LogP contribution in [0.15, 0.2) is 28.8 Å². The maximum atomic E-state index is 13.6. The highest BCUT2D eigenvalue weighted by Gasteiger charge is 2.51. The number of rotatable bonds is 14. The average molecular weight is 523 g/mol. The van der Waals surface area contributed by atoms with Gasteiger partial charge in [0, 0.05) is 0 Å². The summed E-state index contributed by atoms with van der Waals surface area (Å²) in [6.45, 7) is 11.7. The maximum Gasteiger partial charge on any atom is 0.345 e. The van der Waals surface area contributed by atoms with Gasteiger partial charge in [0.25, 0.3) is 0 Å². The number of carbonyl (C=O) groups excluding carboxylic acids is 1.